The van der Waals surface area contributed by atoms with E-state index in [-0.39, 0.29) is 5.91 Å². The molecule has 1 aromatic carbocycles. The van der Waals surface area contributed by atoms with Gasteiger partial charge in [0, 0.05) is 17.7 Å². The van der Waals surface area contributed by atoms with Gasteiger partial charge in [0.2, 0.25) is 5.91 Å². The summed E-state index contributed by atoms with van der Waals surface area (Å²) in [5.74, 6) is 1.47. The Labute approximate surface area is 140 Å². The summed E-state index contributed by atoms with van der Waals surface area (Å²) in [6.07, 6.45) is 4.94. The highest BCUT2D eigenvalue weighted by Crippen LogP contribution is 2.36. The predicted octanol–water partition coefficient (Wildman–Crippen LogP) is 2.00. The molecule has 1 atom stereocenters. The molecule has 2 heterocycles. The molecule has 0 bridgehead atoms. The lowest BCUT2D eigenvalue weighted by atomic mass is 10.0. The molecule has 24 heavy (non-hydrogen) atoms. The summed E-state index contributed by atoms with van der Waals surface area (Å²) in [7, 11) is 0. The van der Waals surface area contributed by atoms with Crippen molar-refractivity contribution in [2.75, 3.05) is 18.4 Å². The molecule has 1 unspecified atom stereocenters. The summed E-state index contributed by atoms with van der Waals surface area (Å²) >= 11 is 0. The SMILES string of the molecule is O=C(CCC1CCNC1)Nc1cccc(-c2nnnn2C2CC2)c1. The van der Waals surface area contributed by atoms with Gasteiger partial charge in [-0.3, -0.25) is 4.79 Å². The van der Waals surface area contributed by atoms with Crippen LogP contribution in [0.15, 0.2) is 24.3 Å². The molecule has 2 N–H and O–H groups in total. The molecule has 0 radical (unpaired) electrons. The Morgan fingerprint density at radius 2 is 2.25 bits per heavy atom. The quantitative estimate of drug-likeness (QED) is 0.848. The van der Waals surface area contributed by atoms with Crippen molar-refractivity contribution in [3.05, 3.63) is 24.3 Å². The second kappa shape index (κ2) is 6.68. The molecule has 7 nitrogen and oxygen atoms in total. The molecular weight excluding hydrogens is 304 g/mol. The van der Waals surface area contributed by atoms with Crippen LogP contribution in [0.25, 0.3) is 11.4 Å². The third kappa shape index (κ3) is 3.46. The summed E-state index contributed by atoms with van der Waals surface area (Å²) in [6.45, 7) is 2.11. The molecule has 0 spiro atoms. The van der Waals surface area contributed by atoms with Crippen LogP contribution in [0.1, 0.15) is 38.1 Å². The number of nitrogens with one attached hydrogen (secondary N) is 2. The zero-order chi connectivity index (χ0) is 16.4. The van der Waals surface area contributed by atoms with E-state index in [9.17, 15) is 4.79 Å². The Balaban J connectivity index is 1.40. The lowest BCUT2D eigenvalue weighted by Gasteiger charge is -2.10. The summed E-state index contributed by atoms with van der Waals surface area (Å²) in [6, 6.07) is 8.18. The van der Waals surface area contributed by atoms with Gasteiger partial charge in [0.25, 0.3) is 0 Å². The predicted molar refractivity (Wildman–Crippen MR) is 90.4 cm³/mol. The standard InChI is InChI=1S/C17H22N6O/c24-16(7-4-12-8-9-18-11-12)19-14-3-1-2-13(10-14)17-20-21-22-23(17)15-5-6-15/h1-3,10,12,15,18H,4-9,11H2,(H,19,24). The van der Waals surface area contributed by atoms with Crippen LogP contribution in [-0.4, -0.2) is 39.2 Å². The molecule has 1 aromatic heterocycles. The lowest BCUT2D eigenvalue weighted by molar-refractivity contribution is -0.116. The minimum Gasteiger partial charge on any atom is -0.326 e. The highest BCUT2D eigenvalue weighted by molar-refractivity contribution is 5.91. The van der Waals surface area contributed by atoms with E-state index in [2.05, 4.69) is 26.2 Å². The first-order valence-electron chi connectivity index (χ1n) is 8.68. The second-order valence-electron chi connectivity index (χ2n) is 6.70. The van der Waals surface area contributed by atoms with Crippen LogP contribution in [0, 0.1) is 5.92 Å². The van der Waals surface area contributed by atoms with Crippen LogP contribution in [-0.2, 0) is 4.79 Å². The zero-order valence-electron chi connectivity index (χ0n) is 13.6. The fourth-order valence-corrected chi connectivity index (χ4v) is 3.20. The fraction of sp³-hybridized carbons (Fsp3) is 0.529. The Bertz CT molecular complexity index is 717. The first-order valence-corrected chi connectivity index (χ1v) is 8.68. The van der Waals surface area contributed by atoms with E-state index in [0.29, 0.717) is 18.4 Å². The molecule has 4 rings (SSSR count). The normalized spacial score (nSPS) is 20.2. The first-order chi connectivity index (χ1) is 11.8. The van der Waals surface area contributed by atoms with E-state index in [4.69, 9.17) is 0 Å². The molecule has 1 aliphatic heterocycles. The van der Waals surface area contributed by atoms with Crippen molar-refractivity contribution in [1.82, 2.24) is 25.5 Å². The molecule has 2 fully saturated rings. The van der Waals surface area contributed by atoms with Gasteiger partial charge in [-0.2, -0.15) is 0 Å². The van der Waals surface area contributed by atoms with Gasteiger partial charge in [-0.15, -0.1) is 5.10 Å². The average Bonchev–Trinajstić information content (AvgIpc) is 3.11. The topological polar surface area (TPSA) is 84.7 Å². The van der Waals surface area contributed by atoms with Crippen LogP contribution >= 0.6 is 0 Å². The van der Waals surface area contributed by atoms with E-state index in [1.165, 1.54) is 6.42 Å². The molecule has 1 amide bonds. The molecule has 126 valence electrons. The van der Waals surface area contributed by atoms with Crippen LogP contribution in [0.2, 0.25) is 0 Å². The maximum Gasteiger partial charge on any atom is 0.224 e. The van der Waals surface area contributed by atoms with E-state index >= 15 is 0 Å². The third-order valence-corrected chi connectivity index (χ3v) is 4.73. The summed E-state index contributed by atoms with van der Waals surface area (Å²) in [5.41, 5.74) is 1.73. The van der Waals surface area contributed by atoms with Crippen molar-refractivity contribution in [2.24, 2.45) is 5.92 Å². The van der Waals surface area contributed by atoms with Gasteiger partial charge >= 0.3 is 0 Å². The molecule has 1 saturated heterocycles. The molecule has 2 aliphatic rings. The van der Waals surface area contributed by atoms with Crippen molar-refractivity contribution >= 4 is 11.6 Å². The van der Waals surface area contributed by atoms with Gasteiger partial charge in [-0.05, 0) is 67.3 Å². The van der Waals surface area contributed by atoms with Crippen molar-refractivity contribution in [2.45, 2.75) is 38.1 Å². The largest absolute Gasteiger partial charge is 0.326 e. The number of nitrogens with zero attached hydrogens (tertiary/aromatic N) is 4. The van der Waals surface area contributed by atoms with Crippen molar-refractivity contribution in [3.8, 4) is 11.4 Å². The van der Waals surface area contributed by atoms with E-state index in [0.717, 1.165) is 49.4 Å². The number of carbonyl (C=O) groups is 1. The minimum atomic E-state index is 0.0702. The monoisotopic (exact) mass is 326 g/mol. The number of amides is 1. The van der Waals surface area contributed by atoms with E-state index < -0.39 is 0 Å². The van der Waals surface area contributed by atoms with Gasteiger partial charge in [-0.25, -0.2) is 4.68 Å². The summed E-state index contributed by atoms with van der Waals surface area (Å²) in [5, 5.41) is 18.3. The van der Waals surface area contributed by atoms with Crippen LogP contribution in [0.5, 0.6) is 0 Å². The lowest BCUT2D eigenvalue weighted by Crippen LogP contribution is -2.15. The van der Waals surface area contributed by atoms with Crippen LogP contribution < -0.4 is 10.6 Å². The van der Waals surface area contributed by atoms with Gasteiger partial charge in [0.15, 0.2) is 5.82 Å². The second-order valence-corrected chi connectivity index (χ2v) is 6.70. The van der Waals surface area contributed by atoms with Gasteiger partial charge in [0.05, 0.1) is 6.04 Å². The average molecular weight is 326 g/mol. The van der Waals surface area contributed by atoms with Crippen molar-refractivity contribution < 1.29 is 4.79 Å². The Morgan fingerprint density at radius 3 is 3.04 bits per heavy atom. The molecule has 7 heteroatoms. The fourth-order valence-electron chi connectivity index (χ4n) is 3.20. The van der Waals surface area contributed by atoms with Gasteiger partial charge < -0.3 is 10.6 Å². The number of tetrazole rings is 1. The highest BCUT2D eigenvalue weighted by atomic mass is 16.1. The smallest absolute Gasteiger partial charge is 0.224 e. The number of hydrogen-bond donors (Lipinski definition) is 2. The number of carbonyl (C=O) groups excluding carboxylic acids is 1. The van der Waals surface area contributed by atoms with E-state index in [1.807, 2.05) is 28.9 Å². The Hall–Kier alpha value is -2.28. The van der Waals surface area contributed by atoms with Gasteiger partial charge in [0.1, 0.15) is 0 Å². The van der Waals surface area contributed by atoms with Crippen molar-refractivity contribution in [1.29, 1.82) is 0 Å². The number of benzene rings is 1. The maximum atomic E-state index is 12.2. The molecule has 2 aromatic rings. The Kier molecular flexibility index (Phi) is 4.25. The van der Waals surface area contributed by atoms with Crippen molar-refractivity contribution in [3.63, 3.8) is 0 Å². The number of anilines is 1. The van der Waals surface area contributed by atoms with E-state index in [1.54, 1.807) is 0 Å². The van der Waals surface area contributed by atoms with Crippen LogP contribution in [0.3, 0.4) is 0 Å². The molecule has 1 saturated carbocycles. The number of hydrogen-bond acceptors (Lipinski definition) is 5. The van der Waals surface area contributed by atoms with Gasteiger partial charge in [-0.1, -0.05) is 12.1 Å². The first kappa shape index (κ1) is 15.3. The maximum absolute atomic E-state index is 12.2. The number of rotatable bonds is 6. The molecular formula is C17H22N6O. The third-order valence-electron chi connectivity index (χ3n) is 4.73. The number of aromatic nitrogens is 4. The van der Waals surface area contributed by atoms with Crippen LogP contribution in [0.4, 0.5) is 5.69 Å². The zero-order valence-corrected chi connectivity index (χ0v) is 13.6. The molecule has 1 aliphatic carbocycles. The minimum absolute atomic E-state index is 0.0702. The highest BCUT2D eigenvalue weighted by Gasteiger charge is 2.28. The summed E-state index contributed by atoms with van der Waals surface area (Å²) in [4.78, 5) is 12.2. The summed E-state index contributed by atoms with van der Waals surface area (Å²) < 4.78 is 1.88. The Morgan fingerprint density at radius 1 is 1.33 bits per heavy atom.